The number of hydrogen-bond acceptors (Lipinski definition) is 5. The van der Waals surface area contributed by atoms with Crippen LogP contribution in [0.3, 0.4) is 0 Å². The Morgan fingerprint density at radius 1 is 1.41 bits per heavy atom. The maximum atomic E-state index is 12.2. The Hall–Kier alpha value is -1.25. The summed E-state index contributed by atoms with van der Waals surface area (Å²) in [5.74, 6) is -0.387. The van der Waals surface area contributed by atoms with Gasteiger partial charge in [0.1, 0.15) is 12.0 Å². The number of carbonyl (C=O) groups is 1. The molecule has 1 aromatic rings. The molecule has 22 heavy (non-hydrogen) atoms. The molecule has 7 nitrogen and oxygen atoms in total. The van der Waals surface area contributed by atoms with Crippen molar-refractivity contribution in [2.45, 2.75) is 43.9 Å². The Labute approximate surface area is 135 Å². The highest BCUT2D eigenvalue weighted by Crippen LogP contribution is 2.28. The zero-order valence-corrected chi connectivity index (χ0v) is 13.8. The minimum Gasteiger partial charge on any atom is -0.266 e. The van der Waals surface area contributed by atoms with Crippen LogP contribution in [0, 0.1) is 0 Å². The van der Waals surface area contributed by atoms with Gasteiger partial charge in [0.2, 0.25) is 10.0 Å². The van der Waals surface area contributed by atoms with Crippen LogP contribution in [0.15, 0.2) is 18.6 Å². The number of nitrogens with one attached hydrogen (secondary N) is 1. The third kappa shape index (κ3) is 3.93. The standard InChI is InChI=1S/C13H19ClN4O3S/c1-2-17-22(20,21)11-5-3-10(4-6-11)18(14)13(19)12-7-8-15-9-16-12/h7-11,17H,2-6H2,1H3. The van der Waals surface area contributed by atoms with Crippen LogP contribution < -0.4 is 4.72 Å². The number of amides is 1. The Bertz CT molecular complexity index is 603. The van der Waals surface area contributed by atoms with E-state index in [1.807, 2.05) is 0 Å². The molecule has 0 saturated heterocycles. The predicted octanol–water partition coefficient (Wildman–Crippen LogP) is 1.32. The number of carbonyl (C=O) groups excluding carboxylic acids is 1. The molecule has 1 fully saturated rings. The third-order valence-corrected chi connectivity index (χ3v) is 6.21. The van der Waals surface area contributed by atoms with Crippen LogP contribution in [0.5, 0.6) is 0 Å². The lowest BCUT2D eigenvalue weighted by atomic mass is 9.95. The SMILES string of the molecule is CCNS(=O)(=O)C1CCC(N(Cl)C(=O)c2ccncn2)CC1. The van der Waals surface area contributed by atoms with Crippen LogP contribution >= 0.6 is 11.8 Å². The molecule has 9 heteroatoms. The molecule has 0 unspecified atom stereocenters. The van der Waals surface area contributed by atoms with Crippen molar-refractivity contribution in [2.75, 3.05) is 6.54 Å². The number of hydrogen-bond donors (Lipinski definition) is 1. The minimum atomic E-state index is -3.27. The Kier molecular flexibility index (Phi) is 5.71. The molecule has 122 valence electrons. The van der Waals surface area contributed by atoms with Gasteiger partial charge in [0.15, 0.2) is 0 Å². The summed E-state index contributed by atoms with van der Waals surface area (Å²) in [5, 5.41) is -0.414. The lowest BCUT2D eigenvalue weighted by molar-refractivity contribution is 0.0795. The summed E-state index contributed by atoms with van der Waals surface area (Å²) >= 11 is 6.13. The number of nitrogens with zero attached hydrogens (tertiary/aromatic N) is 3. The van der Waals surface area contributed by atoms with Gasteiger partial charge in [-0.2, -0.15) is 0 Å². The third-order valence-electron chi connectivity index (χ3n) is 3.74. The van der Waals surface area contributed by atoms with E-state index in [0.717, 1.165) is 4.42 Å². The van der Waals surface area contributed by atoms with E-state index in [-0.39, 0.29) is 17.6 Å². The van der Waals surface area contributed by atoms with Crippen LogP contribution in [-0.4, -0.2) is 46.5 Å². The van der Waals surface area contributed by atoms with Crippen molar-refractivity contribution in [2.24, 2.45) is 0 Å². The largest absolute Gasteiger partial charge is 0.287 e. The van der Waals surface area contributed by atoms with Gasteiger partial charge in [0.25, 0.3) is 5.91 Å². The van der Waals surface area contributed by atoms with Crippen molar-refractivity contribution in [1.82, 2.24) is 19.1 Å². The first-order valence-corrected chi connectivity index (χ1v) is 9.08. The zero-order chi connectivity index (χ0) is 16.2. The van der Waals surface area contributed by atoms with Gasteiger partial charge < -0.3 is 0 Å². The van der Waals surface area contributed by atoms with Crippen molar-refractivity contribution in [1.29, 1.82) is 0 Å². The van der Waals surface area contributed by atoms with Crippen LogP contribution in [0.2, 0.25) is 0 Å². The maximum Gasteiger partial charge on any atom is 0.287 e. The highest BCUT2D eigenvalue weighted by atomic mass is 35.5. The molecule has 0 aliphatic heterocycles. The van der Waals surface area contributed by atoms with Gasteiger partial charge in [-0.3, -0.25) is 4.79 Å². The monoisotopic (exact) mass is 346 g/mol. The average Bonchev–Trinajstić information content (AvgIpc) is 2.54. The number of aromatic nitrogens is 2. The first kappa shape index (κ1) is 17.1. The first-order valence-electron chi connectivity index (χ1n) is 7.19. The van der Waals surface area contributed by atoms with Crippen LogP contribution in [0.4, 0.5) is 0 Å². The molecular formula is C13H19ClN4O3S. The Morgan fingerprint density at radius 3 is 2.64 bits per heavy atom. The molecule has 1 aliphatic carbocycles. The van der Waals surface area contributed by atoms with Crippen molar-refractivity contribution in [3.63, 3.8) is 0 Å². The number of sulfonamides is 1. The van der Waals surface area contributed by atoms with Gasteiger partial charge in [-0.15, -0.1) is 0 Å². The fourth-order valence-electron chi connectivity index (χ4n) is 2.59. The molecule has 0 bridgehead atoms. The van der Waals surface area contributed by atoms with Crippen LogP contribution in [0.25, 0.3) is 0 Å². The quantitative estimate of drug-likeness (QED) is 0.812. The molecule has 1 saturated carbocycles. The first-order chi connectivity index (χ1) is 10.5. The van der Waals surface area contributed by atoms with Crippen molar-refractivity contribution < 1.29 is 13.2 Å². The van der Waals surface area contributed by atoms with Gasteiger partial charge in [-0.05, 0) is 31.7 Å². The lowest BCUT2D eigenvalue weighted by Gasteiger charge is -2.32. The normalized spacial score (nSPS) is 22.3. The summed E-state index contributed by atoms with van der Waals surface area (Å²) < 4.78 is 27.6. The Morgan fingerprint density at radius 2 is 2.09 bits per heavy atom. The highest BCUT2D eigenvalue weighted by Gasteiger charge is 2.34. The van der Waals surface area contributed by atoms with Gasteiger partial charge in [0.05, 0.1) is 5.25 Å². The van der Waals surface area contributed by atoms with E-state index in [9.17, 15) is 13.2 Å². The van der Waals surface area contributed by atoms with E-state index < -0.39 is 15.3 Å². The summed E-state index contributed by atoms with van der Waals surface area (Å²) in [6.07, 6.45) is 4.84. The van der Waals surface area contributed by atoms with Gasteiger partial charge >= 0.3 is 0 Å². The van der Waals surface area contributed by atoms with Gasteiger partial charge in [-0.25, -0.2) is 27.5 Å². The van der Waals surface area contributed by atoms with E-state index in [4.69, 9.17) is 11.8 Å². The Balaban J connectivity index is 1.95. The molecule has 1 aromatic heterocycles. The van der Waals surface area contributed by atoms with Crippen LogP contribution in [0.1, 0.15) is 43.1 Å². The molecule has 0 radical (unpaired) electrons. The molecule has 0 aromatic carbocycles. The van der Waals surface area contributed by atoms with E-state index in [1.165, 1.54) is 18.6 Å². The molecule has 1 amide bonds. The van der Waals surface area contributed by atoms with Crippen molar-refractivity contribution in [3.05, 3.63) is 24.3 Å². The number of halogens is 1. The molecule has 1 N–H and O–H groups in total. The highest BCUT2D eigenvalue weighted by molar-refractivity contribution is 7.90. The van der Waals surface area contributed by atoms with E-state index >= 15 is 0 Å². The smallest absolute Gasteiger partial charge is 0.266 e. The molecular weight excluding hydrogens is 328 g/mol. The second kappa shape index (κ2) is 7.34. The minimum absolute atomic E-state index is 0.183. The van der Waals surface area contributed by atoms with Gasteiger partial charge in [-0.1, -0.05) is 6.92 Å². The maximum absolute atomic E-state index is 12.2. The molecule has 0 atom stereocenters. The van der Waals surface area contributed by atoms with Crippen molar-refractivity contribution >= 4 is 27.7 Å². The summed E-state index contributed by atoms with van der Waals surface area (Å²) in [4.78, 5) is 19.8. The predicted molar refractivity (Wildman–Crippen MR) is 82.7 cm³/mol. The molecule has 2 rings (SSSR count). The number of rotatable bonds is 5. The molecule has 0 spiro atoms. The fourth-order valence-corrected chi connectivity index (χ4v) is 4.41. The average molecular weight is 347 g/mol. The molecule has 1 heterocycles. The van der Waals surface area contributed by atoms with Gasteiger partial charge in [0, 0.05) is 30.6 Å². The topological polar surface area (TPSA) is 92.3 Å². The van der Waals surface area contributed by atoms with Crippen molar-refractivity contribution in [3.8, 4) is 0 Å². The summed E-state index contributed by atoms with van der Waals surface area (Å²) in [6, 6.07) is 1.32. The fraction of sp³-hybridized carbons (Fsp3) is 0.615. The van der Waals surface area contributed by atoms with Crippen LogP contribution in [-0.2, 0) is 10.0 Å². The van der Waals surface area contributed by atoms with E-state index in [0.29, 0.717) is 32.2 Å². The lowest BCUT2D eigenvalue weighted by Crippen LogP contribution is -2.42. The second-order valence-electron chi connectivity index (χ2n) is 5.18. The van der Waals surface area contributed by atoms with E-state index in [1.54, 1.807) is 6.92 Å². The molecule has 1 aliphatic rings. The summed E-state index contributed by atoms with van der Waals surface area (Å²) in [7, 11) is -3.27. The second-order valence-corrected chi connectivity index (χ2v) is 7.59. The van der Waals surface area contributed by atoms with E-state index in [2.05, 4.69) is 14.7 Å². The summed E-state index contributed by atoms with van der Waals surface area (Å²) in [5.41, 5.74) is 0.229. The summed E-state index contributed by atoms with van der Waals surface area (Å²) in [6.45, 7) is 2.14. The zero-order valence-electron chi connectivity index (χ0n) is 12.3.